The zero-order chi connectivity index (χ0) is 18.2. The molecule has 25 heavy (non-hydrogen) atoms. The number of nitro groups is 1. The van der Waals surface area contributed by atoms with E-state index < -0.39 is 16.8 Å². The summed E-state index contributed by atoms with van der Waals surface area (Å²) in [5.41, 5.74) is 0.935. The van der Waals surface area contributed by atoms with E-state index in [1.165, 1.54) is 41.2 Å². The molecule has 0 bridgehead atoms. The van der Waals surface area contributed by atoms with Crippen LogP contribution in [0, 0.1) is 10.1 Å². The molecular weight excluding hydrogens is 328 g/mol. The number of aromatic nitrogens is 2. The first-order chi connectivity index (χ1) is 11.9. The van der Waals surface area contributed by atoms with Crippen LogP contribution in [0.2, 0.25) is 0 Å². The molecule has 0 saturated heterocycles. The number of hydrogen-bond acceptors (Lipinski definition) is 6. The second-order valence-electron chi connectivity index (χ2n) is 5.14. The zero-order valence-electron chi connectivity index (χ0n) is 13.1. The van der Waals surface area contributed by atoms with Crippen molar-refractivity contribution in [2.75, 3.05) is 5.32 Å². The van der Waals surface area contributed by atoms with E-state index in [1.54, 1.807) is 12.3 Å². The van der Waals surface area contributed by atoms with Gasteiger partial charge < -0.3 is 15.2 Å². The summed E-state index contributed by atoms with van der Waals surface area (Å²) in [5.74, 6) is -1.53. The summed E-state index contributed by atoms with van der Waals surface area (Å²) in [6.07, 6.45) is 6.06. The average molecular weight is 343 g/mol. The standard InChI is InChI=1S/C16H16N4O5/c21-15(7-6-12-3-1-4-14(9-12)20(24)25)18-13-10-17-19(11-13)8-2-5-16(22)23/h1,3-4,6-7,9-11H,2,5,8H2,(H,18,21)(H,22,23)/p-1/b7-6+. The Hall–Kier alpha value is -3.49. The van der Waals surface area contributed by atoms with Gasteiger partial charge in [-0.3, -0.25) is 19.6 Å². The zero-order valence-corrected chi connectivity index (χ0v) is 13.1. The highest BCUT2D eigenvalue weighted by atomic mass is 16.6. The predicted molar refractivity (Wildman–Crippen MR) is 87.2 cm³/mol. The van der Waals surface area contributed by atoms with Gasteiger partial charge in [0.25, 0.3) is 5.69 Å². The molecule has 9 nitrogen and oxygen atoms in total. The summed E-state index contributed by atoms with van der Waals surface area (Å²) >= 11 is 0. The third kappa shape index (κ3) is 5.90. The number of nitro benzene ring substituents is 1. The lowest BCUT2D eigenvalue weighted by Crippen LogP contribution is -2.22. The largest absolute Gasteiger partial charge is 0.550 e. The maximum absolute atomic E-state index is 11.9. The molecule has 9 heteroatoms. The highest BCUT2D eigenvalue weighted by Crippen LogP contribution is 2.14. The molecule has 0 radical (unpaired) electrons. The predicted octanol–water partition coefficient (Wildman–Crippen LogP) is 0.973. The molecule has 1 aromatic heterocycles. The molecular formula is C16H15N4O5-. The van der Waals surface area contributed by atoms with Gasteiger partial charge >= 0.3 is 0 Å². The van der Waals surface area contributed by atoms with Crippen LogP contribution < -0.4 is 10.4 Å². The summed E-state index contributed by atoms with van der Waals surface area (Å²) in [6, 6.07) is 5.91. The maximum atomic E-state index is 11.9. The van der Waals surface area contributed by atoms with E-state index in [9.17, 15) is 24.8 Å². The van der Waals surface area contributed by atoms with E-state index in [1.807, 2.05) is 0 Å². The van der Waals surface area contributed by atoms with Crippen molar-refractivity contribution in [1.29, 1.82) is 0 Å². The van der Waals surface area contributed by atoms with Crippen molar-refractivity contribution >= 4 is 29.3 Å². The van der Waals surface area contributed by atoms with Gasteiger partial charge in [-0.1, -0.05) is 12.1 Å². The van der Waals surface area contributed by atoms with E-state index in [0.717, 1.165) is 0 Å². The van der Waals surface area contributed by atoms with Crippen LogP contribution in [0.15, 0.2) is 42.7 Å². The third-order valence-electron chi connectivity index (χ3n) is 3.18. The molecule has 0 unspecified atom stereocenters. The second kappa shape index (κ2) is 8.39. The lowest BCUT2D eigenvalue weighted by Gasteiger charge is -2.02. The lowest BCUT2D eigenvalue weighted by atomic mass is 10.2. The minimum Gasteiger partial charge on any atom is -0.550 e. The van der Waals surface area contributed by atoms with Crippen molar-refractivity contribution in [3.05, 3.63) is 58.4 Å². The number of aliphatic carboxylic acids is 1. The number of aryl methyl sites for hydroxylation is 1. The minimum absolute atomic E-state index is 0.0552. The van der Waals surface area contributed by atoms with Gasteiger partial charge in [0.15, 0.2) is 0 Å². The number of nitrogens with zero attached hydrogens (tertiary/aromatic N) is 3. The Kier molecular flexibility index (Phi) is 5.99. The fraction of sp³-hybridized carbons (Fsp3) is 0.188. The van der Waals surface area contributed by atoms with Crippen molar-refractivity contribution in [1.82, 2.24) is 9.78 Å². The SMILES string of the molecule is O=C([O-])CCCn1cc(NC(=O)/C=C/c2cccc([N+](=O)[O-])c2)cn1. The second-order valence-corrected chi connectivity index (χ2v) is 5.14. The van der Waals surface area contributed by atoms with Crippen molar-refractivity contribution in [3.8, 4) is 0 Å². The number of carbonyl (C=O) groups excluding carboxylic acids is 2. The molecule has 0 saturated carbocycles. The maximum Gasteiger partial charge on any atom is 0.270 e. The fourth-order valence-electron chi connectivity index (χ4n) is 2.03. The molecule has 0 aliphatic rings. The molecule has 0 aliphatic heterocycles. The first-order valence-corrected chi connectivity index (χ1v) is 7.40. The monoisotopic (exact) mass is 343 g/mol. The number of rotatable bonds is 8. The van der Waals surface area contributed by atoms with Gasteiger partial charge in [0.2, 0.25) is 5.91 Å². The number of nitrogens with one attached hydrogen (secondary N) is 1. The van der Waals surface area contributed by atoms with Crippen LogP contribution in [0.5, 0.6) is 0 Å². The first-order valence-electron chi connectivity index (χ1n) is 7.40. The number of benzene rings is 1. The number of hydrogen-bond donors (Lipinski definition) is 1. The Morgan fingerprint density at radius 1 is 1.36 bits per heavy atom. The molecule has 0 atom stereocenters. The molecule has 2 aromatic rings. The first kappa shape index (κ1) is 17.9. The molecule has 0 fully saturated rings. The van der Waals surface area contributed by atoms with Gasteiger partial charge in [-0.05, 0) is 24.5 Å². The van der Waals surface area contributed by atoms with Crippen LogP contribution in [-0.2, 0) is 16.1 Å². The van der Waals surface area contributed by atoms with Crippen LogP contribution >= 0.6 is 0 Å². The Morgan fingerprint density at radius 2 is 2.16 bits per heavy atom. The summed E-state index contributed by atoms with van der Waals surface area (Å²) in [6.45, 7) is 0.396. The van der Waals surface area contributed by atoms with Crippen LogP contribution in [0.4, 0.5) is 11.4 Å². The van der Waals surface area contributed by atoms with E-state index >= 15 is 0 Å². The van der Waals surface area contributed by atoms with Crippen molar-refractivity contribution < 1.29 is 19.6 Å². The summed E-state index contributed by atoms with van der Waals surface area (Å²) in [5, 5.41) is 27.7. The fourth-order valence-corrected chi connectivity index (χ4v) is 2.03. The van der Waals surface area contributed by atoms with Crippen LogP contribution in [0.3, 0.4) is 0 Å². The van der Waals surface area contributed by atoms with Crippen LogP contribution in [-0.4, -0.2) is 26.6 Å². The minimum atomic E-state index is -1.12. The number of carbonyl (C=O) groups is 2. The van der Waals surface area contributed by atoms with E-state index in [0.29, 0.717) is 24.2 Å². The Morgan fingerprint density at radius 3 is 2.88 bits per heavy atom. The van der Waals surface area contributed by atoms with Crippen LogP contribution in [0.25, 0.3) is 6.08 Å². The third-order valence-corrected chi connectivity index (χ3v) is 3.18. The lowest BCUT2D eigenvalue weighted by molar-refractivity contribution is -0.384. The van der Waals surface area contributed by atoms with Crippen molar-refractivity contribution in [2.45, 2.75) is 19.4 Å². The summed E-state index contributed by atoms with van der Waals surface area (Å²) in [7, 11) is 0. The number of carboxylic acid groups (broad SMARTS) is 1. The number of carboxylic acids is 1. The normalized spacial score (nSPS) is 10.7. The molecule has 1 aromatic carbocycles. The van der Waals surface area contributed by atoms with E-state index in [2.05, 4.69) is 10.4 Å². The molecule has 1 heterocycles. The van der Waals surface area contributed by atoms with Gasteiger partial charge in [0.1, 0.15) is 0 Å². The van der Waals surface area contributed by atoms with Gasteiger partial charge in [-0.2, -0.15) is 5.10 Å². The highest BCUT2D eigenvalue weighted by Gasteiger charge is 2.05. The smallest absolute Gasteiger partial charge is 0.270 e. The molecule has 0 aliphatic carbocycles. The van der Waals surface area contributed by atoms with E-state index in [-0.39, 0.29) is 12.1 Å². The number of non-ortho nitro benzene ring substituents is 1. The average Bonchev–Trinajstić information content (AvgIpc) is 3.00. The molecule has 2 rings (SSSR count). The molecule has 1 N–H and O–H groups in total. The summed E-state index contributed by atoms with van der Waals surface area (Å²) < 4.78 is 1.52. The Labute approximate surface area is 142 Å². The molecule has 130 valence electrons. The van der Waals surface area contributed by atoms with Gasteiger partial charge in [-0.15, -0.1) is 0 Å². The number of amides is 1. The van der Waals surface area contributed by atoms with Gasteiger partial charge in [-0.25, -0.2) is 0 Å². The Bertz CT molecular complexity index is 812. The molecule has 0 spiro atoms. The molecule has 1 amide bonds. The topological polar surface area (TPSA) is 130 Å². The van der Waals surface area contributed by atoms with Gasteiger partial charge in [0, 0.05) is 36.9 Å². The van der Waals surface area contributed by atoms with E-state index in [4.69, 9.17) is 0 Å². The number of anilines is 1. The summed E-state index contributed by atoms with van der Waals surface area (Å²) in [4.78, 5) is 32.4. The van der Waals surface area contributed by atoms with Gasteiger partial charge in [0.05, 0.1) is 16.8 Å². The highest BCUT2D eigenvalue weighted by molar-refractivity contribution is 6.01. The van der Waals surface area contributed by atoms with Crippen LogP contribution in [0.1, 0.15) is 18.4 Å². The van der Waals surface area contributed by atoms with Crippen molar-refractivity contribution in [3.63, 3.8) is 0 Å². The Balaban J connectivity index is 1.89. The quantitative estimate of drug-likeness (QED) is 0.432. The van der Waals surface area contributed by atoms with Crippen molar-refractivity contribution in [2.24, 2.45) is 0 Å².